The van der Waals surface area contributed by atoms with Crippen LogP contribution in [0.2, 0.25) is 0 Å². The topological polar surface area (TPSA) is 59.4 Å². The van der Waals surface area contributed by atoms with Crippen molar-refractivity contribution < 1.29 is 4.39 Å². The highest BCUT2D eigenvalue weighted by Gasteiger charge is 2.14. The van der Waals surface area contributed by atoms with E-state index < -0.39 is 0 Å². The van der Waals surface area contributed by atoms with Gasteiger partial charge in [-0.1, -0.05) is 12.1 Å². The highest BCUT2D eigenvalue weighted by atomic mass is 19.1. The molecule has 0 saturated carbocycles. The maximum Gasteiger partial charge on any atom is 0.144 e. The van der Waals surface area contributed by atoms with Crippen LogP contribution < -0.4 is 0 Å². The lowest BCUT2D eigenvalue weighted by Gasteiger charge is -2.07. The molecule has 0 fully saturated rings. The van der Waals surface area contributed by atoms with E-state index >= 15 is 0 Å². The lowest BCUT2D eigenvalue weighted by molar-refractivity contribution is 0.628. The van der Waals surface area contributed by atoms with Crippen LogP contribution in [0.3, 0.4) is 0 Å². The van der Waals surface area contributed by atoms with E-state index in [0.717, 1.165) is 45.3 Å². The van der Waals surface area contributed by atoms with Crippen molar-refractivity contribution in [3.63, 3.8) is 0 Å². The van der Waals surface area contributed by atoms with Crippen LogP contribution in [0.5, 0.6) is 0 Å². The van der Waals surface area contributed by atoms with Crippen LogP contribution in [-0.2, 0) is 6.42 Å². The van der Waals surface area contributed by atoms with E-state index in [1.165, 1.54) is 12.1 Å². The number of fused-ring (bicyclic) bond motifs is 1. The molecule has 1 N–H and O–H groups in total. The Balaban J connectivity index is 1.58. The average molecular weight is 383 g/mol. The van der Waals surface area contributed by atoms with E-state index in [0.29, 0.717) is 6.42 Å². The summed E-state index contributed by atoms with van der Waals surface area (Å²) >= 11 is 0. The largest absolute Gasteiger partial charge is 0.342 e. The first-order valence-corrected chi connectivity index (χ1v) is 9.36. The third-order valence-corrected chi connectivity index (χ3v) is 4.82. The number of nitrogens with one attached hydrogen (secondary N) is 1. The minimum Gasteiger partial charge on any atom is -0.342 e. The first-order valence-electron chi connectivity index (χ1n) is 9.36. The number of hydrogen-bond donors (Lipinski definition) is 1. The fourth-order valence-corrected chi connectivity index (χ4v) is 3.38. The molecule has 142 valence electrons. The van der Waals surface area contributed by atoms with Crippen molar-refractivity contribution in [2.45, 2.75) is 13.3 Å². The van der Waals surface area contributed by atoms with Gasteiger partial charge < -0.3 is 4.98 Å². The summed E-state index contributed by atoms with van der Waals surface area (Å²) in [6.07, 6.45) is 4.36. The third-order valence-electron chi connectivity index (χ3n) is 4.82. The summed E-state index contributed by atoms with van der Waals surface area (Å²) in [4.78, 5) is 17.2. The van der Waals surface area contributed by atoms with Crippen molar-refractivity contribution in [3.05, 3.63) is 96.1 Å². The molecule has 5 rings (SSSR count). The van der Waals surface area contributed by atoms with Crippen molar-refractivity contribution in [1.29, 1.82) is 0 Å². The number of imidazole rings is 2. The molecule has 0 aliphatic carbocycles. The highest BCUT2D eigenvalue weighted by Crippen LogP contribution is 2.24. The number of nitrogens with zero attached hydrogens (tertiary/aromatic N) is 4. The number of benzene rings is 2. The summed E-state index contributed by atoms with van der Waals surface area (Å²) in [6, 6.07) is 18.3. The summed E-state index contributed by atoms with van der Waals surface area (Å²) < 4.78 is 15.4. The van der Waals surface area contributed by atoms with Gasteiger partial charge in [-0.15, -0.1) is 0 Å². The van der Waals surface area contributed by atoms with E-state index in [-0.39, 0.29) is 5.82 Å². The summed E-state index contributed by atoms with van der Waals surface area (Å²) in [6.45, 7) is 1.95. The zero-order valence-corrected chi connectivity index (χ0v) is 15.8. The van der Waals surface area contributed by atoms with Gasteiger partial charge in [0, 0.05) is 23.9 Å². The van der Waals surface area contributed by atoms with Crippen molar-refractivity contribution in [2.75, 3.05) is 0 Å². The molecule has 0 bridgehead atoms. The molecule has 0 saturated heterocycles. The fraction of sp³-hybridized carbons (Fsp3) is 0.0870. The molecule has 6 heteroatoms. The second-order valence-electron chi connectivity index (χ2n) is 6.97. The van der Waals surface area contributed by atoms with Crippen LogP contribution in [0.15, 0.2) is 73.1 Å². The summed E-state index contributed by atoms with van der Waals surface area (Å²) in [5, 5.41) is 0. The number of hydrogen-bond acceptors (Lipinski definition) is 3. The molecule has 0 spiro atoms. The molecule has 5 aromatic rings. The van der Waals surface area contributed by atoms with E-state index in [9.17, 15) is 4.39 Å². The molecule has 3 heterocycles. The fourth-order valence-electron chi connectivity index (χ4n) is 3.38. The Bertz CT molecular complexity index is 1190. The van der Waals surface area contributed by atoms with Crippen molar-refractivity contribution >= 4 is 11.0 Å². The molecular weight excluding hydrogens is 365 g/mol. The number of pyridine rings is 1. The van der Waals surface area contributed by atoms with Gasteiger partial charge in [-0.25, -0.2) is 14.4 Å². The maximum atomic E-state index is 13.4. The molecule has 5 nitrogen and oxygen atoms in total. The molecule has 0 aliphatic rings. The molecule has 0 radical (unpaired) electrons. The second-order valence-corrected chi connectivity index (χ2v) is 6.97. The van der Waals surface area contributed by atoms with Gasteiger partial charge in [-0.3, -0.25) is 9.55 Å². The number of aromatic amines is 1. The van der Waals surface area contributed by atoms with E-state index in [1.54, 1.807) is 12.1 Å². The van der Waals surface area contributed by atoms with Gasteiger partial charge in [-0.05, 0) is 55.5 Å². The molecule has 0 unspecified atom stereocenters. The van der Waals surface area contributed by atoms with Crippen molar-refractivity contribution in [2.24, 2.45) is 0 Å². The first kappa shape index (κ1) is 17.3. The number of H-pyrrole nitrogens is 1. The van der Waals surface area contributed by atoms with E-state index in [1.807, 2.05) is 60.3 Å². The lowest BCUT2D eigenvalue weighted by atomic mass is 10.2. The van der Waals surface area contributed by atoms with Crippen LogP contribution in [0, 0.1) is 12.7 Å². The van der Waals surface area contributed by atoms with E-state index in [4.69, 9.17) is 4.98 Å². The molecule has 0 aliphatic heterocycles. The molecule has 3 aromatic heterocycles. The predicted octanol–water partition coefficient (Wildman–Crippen LogP) is 4.85. The van der Waals surface area contributed by atoms with Gasteiger partial charge in [0.2, 0.25) is 0 Å². The smallest absolute Gasteiger partial charge is 0.144 e. The molecule has 0 atom stereocenters. The molecular formula is C23H18FN5. The van der Waals surface area contributed by atoms with Crippen molar-refractivity contribution in [3.8, 4) is 17.1 Å². The Morgan fingerprint density at radius 2 is 1.79 bits per heavy atom. The van der Waals surface area contributed by atoms with Crippen LogP contribution in [0.25, 0.3) is 28.1 Å². The van der Waals surface area contributed by atoms with Crippen LogP contribution >= 0.6 is 0 Å². The Hall–Kier alpha value is -3.80. The Morgan fingerprint density at radius 3 is 2.55 bits per heavy atom. The standard InChI is InChI=1S/C23H18FN5/c1-15-6-11-19(13-25-15)29-14-18(26-23(29)16-7-9-17(24)10-8-16)12-22-27-20-4-2-3-5-21(20)28-22/h2-11,13-14H,12H2,1H3,(H,27,28). The van der Waals surface area contributed by atoms with Gasteiger partial charge in [0.15, 0.2) is 0 Å². The SMILES string of the molecule is Cc1ccc(-n2cc(Cc3nc4ccccc4[nH]3)nc2-c2ccc(F)cc2)cn1. The zero-order valence-electron chi connectivity index (χ0n) is 15.8. The van der Waals surface area contributed by atoms with E-state index in [2.05, 4.69) is 15.0 Å². The zero-order chi connectivity index (χ0) is 19.8. The quantitative estimate of drug-likeness (QED) is 0.483. The van der Waals surface area contributed by atoms with Gasteiger partial charge in [0.1, 0.15) is 17.5 Å². The van der Waals surface area contributed by atoms with Gasteiger partial charge in [0.25, 0.3) is 0 Å². The maximum absolute atomic E-state index is 13.4. The monoisotopic (exact) mass is 383 g/mol. The summed E-state index contributed by atoms with van der Waals surface area (Å²) in [5.74, 6) is 1.32. The summed E-state index contributed by atoms with van der Waals surface area (Å²) in [5.41, 5.74) is 5.48. The summed E-state index contributed by atoms with van der Waals surface area (Å²) in [7, 11) is 0. The Labute approximate surface area is 166 Å². The minimum absolute atomic E-state index is 0.272. The predicted molar refractivity (Wildman–Crippen MR) is 110 cm³/mol. The van der Waals surface area contributed by atoms with Crippen LogP contribution in [0.1, 0.15) is 17.2 Å². The molecule has 29 heavy (non-hydrogen) atoms. The number of rotatable bonds is 4. The van der Waals surface area contributed by atoms with Gasteiger partial charge in [0.05, 0.1) is 28.6 Å². The number of aryl methyl sites for hydroxylation is 1. The van der Waals surface area contributed by atoms with Crippen molar-refractivity contribution in [1.82, 2.24) is 24.5 Å². The number of halogens is 1. The highest BCUT2D eigenvalue weighted by molar-refractivity contribution is 5.74. The lowest BCUT2D eigenvalue weighted by Crippen LogP contribution is -1.97. The Morgan fingerprint density at radius 1 is 0.966 bits per heavy atom. The molecule has 2 aromatic carbocycles. The Kier molecular flexibility index (Phi) is 4.17. The van der Waals surface area contributed by atoms with Crippen LogP contribution in [0.4, 0.5) is 4.39 Å². The average Bonchev–Trinajstić information content (AvgIpc) is 3.33. The van der Waals surface area contributed by atoms with Gasteiger partial charge in [-0.2, -0.15) is 0 Å². The number of aromatic nitrogens is 5. The second kappa shape index (κ2) is 6.98. The minimum atomic E-state index is -0.272. The molecule has 0 amide bonds. The number of para-hydroxylation sites is 2. The normalized spacial score (nSPS) is 11.2. The first-order chi connectivity index (χ1) is 14.2. The third kappa shape index (κ3) is 3.40. The van der Waals surface area contributed by atoms with Gasteiger partial charge >= 0.3 is 0 Å². The van der Waals surface area contributed by atoms with Crippen LogP contribution in [-0.4, -0.2) is 24.5 Å².